The van der Waals surface area contributed by atoms with Crippen molar-refractivity contribution in [3.63, 3.8) is 0 Å². The van der Waals surface area contributed by atoms with Crippen molar-refractivity contribution >= 4 is 29.1 Å². The largest absolute Gasteiger partial charge is 0.339 e. The zero-order valence-corrected chi connectivity index (χ0v) is 15.9. The summed E-state index contributed by atoms with van der Waals surface area (Å²) in [6.07, 6.45) is 0.223. The van der Waals surface area contributed by atoms with Crippen molar-refractivity contribution < 1.29 is 14.4 Å². The van der Waals surface area contributed by atoms with Gasteiger partial charge in [0.25, 0.3) is 5.91 Å². The number of anilines is 2. The minimum absolute atomic E-state index is 0.0165. The summed E-state index contributed by atoms with van der Waals surface area (Å²) in [4.78, 5) is 37.3. The van der Waals surface area contributed by atoms with E-state index in [1.165, 1.54) is 6.92 Å². The molecule has 6 heteroatoms. The molecule has 0 atom stereocenters. The van der Waals surface area contributed by atoms with Gasteiger partial charge in [-0.2, -0.15) is 0 Å². The zero-order valence-electron chi connectivity index (χ0n) is 15.9. The van der Waals surface area contributed by atoms with E-state index in [-0.39, 0.29) is 24.1 Å². The first-order chi connectivity index (χ1) is 12.9. The van der Waals surface area contributed by atoms with Gasteiger partial charge in [-0.15, -0.1) is 0 Å². The first-order valence-electron chi connectivity index (χ1n) is 8.98. The van der Waals surface area contributed by atoms with Gasteiger partial charge >= 0.3 is 0 Å². The average molecular weight is 367 g/mol. The van der Waals surface area contributed by atoms with Gasteiger partial charge in [0.05, 0.1) is 6.42 Å². The fourth-order valence-electron chi connectivity index (χ4n) is 2.69. The highest BCUT2D eigenvalue weighted by molar-refractivity contribution is 5.96. The molecule has 0 radical (unpaired) electrons. The lowest BCUT2D eigenvalue weighted by Crippen LogP contribution is -2.30. The van der Waals surface area contributed by atoms with Crippen molar-refractivity contribution in [3.8, 4) is 0 Å². The molecule has 27 heavy (non-hydrogen) atoms. The minimum atomic E-state index is -0.148. The van der Waals surface area contributed by atoms with Gasteiger partial charge in [-0.25, -0.2) is 0 Å². The van der Waals surface area contributed by atoms with Gasteiger partial charge < -0.3 is 15.5 Å². The fourth-order valence-corrected chi connectivity index (χ4v) is 2.69. The number of benzene rings is 2. The van der Waals surface area contributed by atoms with Crippen LogP contribution >= 0.6 is 0 Å². The van der Waals surface area contributed by atoms with Crippen molar-refractivity contribution in [3.05, 3.63) is 59.7 Å². The monoisotopic (exact) mass is 367 g/mol. The Morgan fingerprint density at radius 3 is 1.85 bits per heavy atom. The molecule has 0 aliphatic rings. The van der Waals surface area contributed by atoms with Crippen LogP contribution in [0, 0.1) is 0 Å². The summed E-state index contributed by atoms with van der Waals surface area (Å²) in [5.41, 5.74) is 2.78. The first-order valence-corrected chi connectivity index (χ1v) is 8.98. The number of carbonyl (C=O) groups excluding carboxylic acids is 3. The van der Waals surface area contributed by atoms with Crippen molar-refractivity contribution in [2.45, 2.75) is 27.2 Å². The molecule has 6 nitrogen and oxygen atoms in total. The summed E-state index contributed by atoms with van der Waals surface area (Å²) in [5.74, 6) is -0.300. The highest BCUT2D eigenvalue weighted by Gasteiger charge is 2.12. The molecule has 142 valence electrons. The van der Waals surface area contributed by atoms with Crippen molar-refractivity contribution in [2.75, 3.05) is 23.7 Å². The van der Waals surface area contributed by atoms with Gasteiger partial charge in [0, 0.05) is 37.0 Å². The van der Waals surface area contributed by atoms with Crippen molar-refractivity contribution in [2.24, 2.45) is 0 Å². The normalized spacial score (nSPS) is 10.2. The Morgan fingerprint density at radius 2 is 1.33 bits per heavy atom. The second kappa shape index (κ2) is 9.52. The first kappa shape index (κ1) is 20.2. The summed E-state index contributed by atoms with van der Waals surface area (Å²) in [6.45, 7) is 6.66. The van der Waals surface area contributed by atoms with Crippen LogP contribution in [0.2, 0.25) is 0 Å². The quantitative estimate of drug-likeness (QED) is 0.788. The second-order valence-corrected chi connectivity index (χ2v) is 6.16. The van der Waals surface area contributed by atoms with E-state index in [1.54, 1.807) is 53.4 Å². The Bertz CT molecular complexity index is 794. The second-order valence-electron chi connectivity index (χ2n) is 6.16. The molecular weight excluding hydrogens is 342 g/mol. The van der Waals surface area contributed by atoms with E-state index in [4.69, 9.17) is 0 Å². The van der Waals surface area contributed by atoms with Gasteiger partial charge in [0.1, 0.15) is 0 Å². The third kappa shape index (κ3) is 5.95. The van der Waals surface area contributed by atoms with Crippen molar-refractivity contribution in [1.82, 2.24) is 4.90 Å². The molecule has 0 unspecified atom stereocenters. The van der Waals surface area contributed by atoms with Crippen LogP contribution in [0.25, 0.3) is 0 Å². The van der Waals surface area contributed by atoms with E-state index in [0.717, 1.165) is 5.56 Å². The number of rotatable bonds is 7. The van der Waals surface area contributed by atoms with E-state index in [1.807, 2.05) is 13.8 Å². The Balaban J connectivity index is 1.94. The highest BCUT2D eigenvalue weighted by Crippen LogP contribution is 2.14. The maximum absolute atomic E-state index is 12.3. The fraction of sp³-hybridized carbons (Fsp3) is 0.286. The third-order valence-corrected chi connectivity index (χ3v) is 4.11. The Morgan fingerprint density at radius 1 is 0.815 bits per heavy atom. The standard InChI is InChI=1S/C21H25N3O3/c1-4-24(5-2)21(27)17-8-12-19(13-9-17)23-20(26)14-16-6-10-18(11-7-16)22-15(3)25/h6-13H,4-5,14H2,1-3H3,(H,22,25)(H,23,26). The zero-order chi connectivity index (χ0) is 19.8. The van der Waals surface area contributed by atoms with E-state index < -0.39 is 0 Å². The van der Waals surface area contributed by atoms with Gasteiger partial charge in [-0.3, -0.25) is 14.4 Å². The molecular formula is C21H25N3O3. The number of nitrogens with zero attached hydrogens (tertiary/aromatic N) is 1. The summed E-state index contributed by atoms with van der Waals surface area (Å²) >= 11 is 0. The average Bonchev–Trinajstić information content (AvgIpc) is 2.64. The lowest BCUT2D eigenvalue weighted by atomic mass is 10.1. The maximum Gasteiger partial charge on any atom is 0.253 e. The summed E-state index contributed by atoms with van der Waals surface area (Å²) < 4.78 is 0. The summed E-state index contributed by atoms with van der Waals surface area (Å²) in [6, 6.07) is 14.0. The third-order valence-electron chi connectivity index (χ3n) is 4.11. The molecule has 0 aromatic heterocycles. The van der Waals surface area contributed by atoms with Crippen LogP contribution in [0.4, 0.5) is 11.4 Å². The Hall–Kier alpha value is -3.15. The Kier molecular flexibility index (Phi) is 7.11. The molecule has 0 aliphatic heterocycles. The molecule has 0 aliphatic carbocycles. The lowest BCUT2D eigenvalue weighted by molar-refractivity contribution is -0.116. The summed E-state index contributed by atoms with van der Waals surface area (Å²) in [5, 5.41) is 5.51. The molecule has 0 bridgehead atoms. The van der Waals surface area contributed by atoms with Crippen LogP contribution in [-0.4, -0.2) is 35.7 Å². The lowest BCUT2D eigenvalue weighted by Gasteiger charge is -2.18. The van der Waals surface area contributed by atoms with Crippen LogP contribution < -0.4 is 10.6 Å². The molecule has 2 aromatic rings. The smallest absolute Gasteiger partial charge is 0.253 e. The van der Waals surface area contributed by atoms with E-state index >= 15 is 0 Å². The molecule has 0 heterocycles. The number of nitrogens with one attached hydrogen (secondary N) is 2. The summed E-state index contributed by atoms with van der Waals surface area (Å²) in [7, 11) is 0. The van der Waals surface area contributed by atoms with Crippen LogP contribution in [0.5, 0.6) is 0 Å². The SMILES string of the molecule is CCN(CC)C(=O)c1ccc(NC(=O)Cc2ccc(NC(C)=O)cc2)cc1. The van der Waals surface area contributed by atoms with Gasteiger partial charge in [-0.05, 0) is 55.8 Å². The van der Waals surface area contributed by atoms with E-state index in [9.17, 15) is 14.4 Å². The highest BCUT2D eigenvalue weighted by atomic mass is 16.2. The number of carbonyl (C=O) groups is 3. The molecule has 0 saturated carbocycles. The molecule has 2 rings (SSSR count). The predicted molar refractivity (Wildman–Crippen MR) is 107 cm³/mol. The predicted octanol–water partition coefficient (Wildman–Crippen LogP) is 3.31. The van der Waals surface area contributed by atoms with Crippen LogP contribution in [0.1, 0.15) is 36.7 Å². The Labute approximate surface area is 159 Å². The van der Waals surface area contributed by atoms with Crippen molar-refractivity contribution in [1.29, 1.82) is 0 Å². The molecule has 3 amide bonds. The number of amides is 3. The number of hydrogen-bond acceptors (Lipinski definition) is 3. The molecule has 0 spiro atoms. The van der Waals surface area contributed by atoms with Gasteiger partial charge in [0.2, 0.25) is 11.8 Å². The topological polar surface area (TPSA) is 78.5 Å². The van der Waals surface area contributed by atoms with Crippen LogP contribution in [0.3, 0.4) is 0 Å². The van der Waals surface area contributed by atoms with E-state index in [0.29, 0.717) is 30.0 Å². The van der Waals surface area contributed by atoms with Crippen LogP contribution in [0.15, 0.2) is 48.5 Å². The van der Waals surface area contributed by atoms with Gasteiger partial charge in [-0.1, -0.05) is 12.1 Å². The van der Waals surface area contributed by atoms with E-state index in [2.05, 4.69) is 10.6 Å². The molecule has 2 aromatic carbocycles. The number of hydrogen-bond donors (Lipinski definition) is 2. The molecule has 2 N–H and O–H groups in total. The maximum atomic E-state index is 12.3. The van der Waals surface area contributed by atoms with Gasteiger partial charge in [0.15, 0.2) is 0 Å². The van der Waals surface area contributed by atoms with Crippen LogP contribution in [-0.2, 0) is 16.0 Å². The minimum Gasteiger partial charge on any atom is -0.339 e. The molecule has 0 saturated heterocycles. The molecule has 0 fully saturated rings.